The molecule has 0 aliphatic rings. The van der Waals surface area contributed by atoms with Crippen LogP contribution in [0, 0.1) is 5.82 Å². The van der Waals surface area contributed by atoms with Gasteiger partial charge in [0.15, 0.2) is 0 Å². The van der Waals surface area contributed by atoms with Crippen LogP contribution in [0.1, 0.15) is 31.4 Å². The highest BCUT2D eigenvalue weighted by molar-refractivity contribution is 5.15. The van der Waals surface area contributed by atoms with Gasteiger partial charge in [-0.15, -0.1) is 0 Å². The predicted molar refractivity (Wildman–Crippen MR) is 44.1 cm³/mol. The molecule has 0 bridgehead atoms. The summed E-state index contributed by atoms with van der Waals surface area (Å²) in [6, 6.07) is 1.51. The van der Waals surface area contributed by atoms with Gasteiger partial charge in [0.1, 0.15) is 5.82 Å². The van der Waals surface area contributed by atoms with Crippen LogP contribution in [0.15, 0.2) is 18.5 Å². The Morgan fingerprint density at radius 1 is 1.67 bits per heavy atom. The van der Waals surface area contributed by atoms with Gasteiger partial charge in [-0.3, -0.25) is 4.98 Å². The quantitative estimate of drug-likeness (QED) is 0.751. The molecular formula is C9H12FNO. The van der Waals surface area contributed by atoms with Crippen molar-refractivity contribution in [3.8, 4) is 0 Å². The Balaban J connectivity index is 2.79. The fourth-order valence-corrected chi connectivity index (χ4v) is 1.09. The van der Waals surface area contributed by atoms with Crippen molar-refractivity contribution >= 4 is 0 Å². The van der Waals surface area contributed by atoms with E-state index in [0.29, 0.717) is 12.0 Å². The zero-order valence-electron chi connectivity index (χ0n) is 7.00. The molecule has 0 fully saturated rings. The first-order valence-electron chi connectivity index (χ1n) is 4.03. The maximum Gasteiger partial charge on any atom is 0.147 e. The van der Waals surface area contributed by atoms with E-state index in [9.17, 15) is 9.50 Å². The van der Waals surface area contributed by atoms with Crippen LogP contribution in [-0.2, 0) is 0 Å². The largest absolute Gasteiger partial charge is 0.388 e. The van der Waals surface area contributed by atoms with Gasteiger partial charge in [0.25, 0.3) is 0 Å². The van der Waals surface area contributed by atoms with Crippen molar-refractivity contribution in [3.05, 3.63) is 29.8 Å². The summed E-state index contributed by atoms with van der Waals surface area (Å²) in [5.74, 6) is -0.432. The van der Waals surface area contributed by atoms with Crippen molar-refractivity contribution < 1.29 is 9.50 Å². The maximum atomic E-state index is 12.9. The number of hydrogen-bond acceptors (Lipinski definition) is 2. The molecule has 0 radical (unpaired) electrons. The van der Waals surface area contributed by atoms with E-state index >= 15 is 0 Å². The molecule has 0 saturated carbocycles. The van der Waals surface area contributed by atoms with Gasteiger partial charge in [0, 0.05) is 11.8 Å². The van der Waals surface area contributed by atoms with Crippen LogP contribution in [0.4, 0.5) is 4.39 Å². The molecule has 0 unspecified atom stereocenters. The highest BCUT2D eigenvalue weighted by Crippen LogP contribution is 2.19. The summed E-state index contributed by atoms with van der Waals surface area (Å²) in [5.41, 5.74) is 0.340. The topological polar surface area (TPSA) is 33.1 Å². The molecule has 1 N–H and O–H groups in total. The third kappa shape index (κ3) is 2.01. The van der Waals surface area contributed by atoms with Gasteiger partial charge < -0.3 is 5.11 Å². The Kier molecular flexibility index (Phi) is 3.17. The fourth-order valence-electron chi connectivity index (χ4n) is 1.09. The van der Waals surface area contributed by atoms with Gasteiger partial charge >= 0.3 is 0 Å². The lowest BCUT2D eigenvalue weighted by Crippen LogP contribution is -2.00. The second-order valence-electron chi connectivity index (χ2n) is 2.70. The van der Waals surface area contributed by atoms with Gasteiger partial charge in [-0.05, 0) is 12.5 Å². The summed E-state index contributed by atoms with van der Waals surface area (Å²) in [4.78, 5) is 3.60. The monoisotopic (exact) mass is 169 g/mol. The SMILES string of the molecule is CCC[C@@H](O)c1ccncc1F. The molecule has 0 saturated heterocycles. The first kappa shape index (κ1) is 9.13. The molecule has 3 heteroatoms. The zero-order chi connectivity index (χ0) is 8.97. The van der Waals surface area contributed by atoms with Crippen molar-refractivity contribution in [3.63, 3.8) is 0 Å². The van der Waals surface area contributed by atoms with Gasteiger partial charge in [-0.25, -0.2) is 4.39 Å². The van der Waals surface area contributed by atoms with E-state index < -0.39 is 11.9 Å². The van der Waals surface area contributed by atoms with Crippen molar-refractivity contribution in [2.45, 2.75) is 25.9 Å². The molecule has 2 nitrogen and oxygen atoms in total. The molecule has 66 valence electrons. The van der Waals surface area contributed by atoms with Gasteiger partial charge in [-0.1, -0.05) is 13.3 Å². The van der Waals surface area contributed by atoms with Crippen molar-refractivity contribution in [1.82, 2.24) is 4.98 Å². The average molecular weight is 169 g/mol. The van der Waals surface area contributed by atoms with Crippen molar-refractivity contribution in [2.24, 2.45) is 0 Å². The second-order valence-corrected chi connectivity index (χ2v) is 2.70. The molecule has 1 atom stereocenters. The minimum atomic E-state index is -0.696. The smallest absolute Gasteiger partial charge is 0.147 e. The number of halogens is 1. The number of aliphatic hydroxyl groups is 1. The summed E-state index contributed by atoms with van der Waals surface area (Å²) < 4.78 is 12.9. The second kappa shape index (κ2) is 4.16. The molecule has 0 aliphatic heterocycles. The molecule has 0 spiro atoms. The Hall–Kier alpha value is -0.960. The van der Waals surface area contributed by atoms with Crippen LogP contribution >= 0.6 is 0 Å². The maximum absolute atomic E-state index is 12.9. The van der Waals surface area contributed by atoms with Gasteiger partial charge in [0.2, 0.25) is 0 Å². The highest BCUT2D eigenvalue weighted by Gasteiger charge is 2.10. The van der Waals surface area contributed by atoms with E-state index in [1.54, 1.807) is 0 Å². The van der Waals surface area contributed by atoms with Crippen LogP contribution in [0.25, 0.3) is 0 Å². The molecule has 1 heterocycles. The first-order valence-corrected chi connectivity index (χ1v) is 4.03. The fraction of sp³-hybridized carbons (Fsp3) is 0.444. The molecular weight excluding hydrogens is 157 g/mol. The summed E-state index contributed by atoms with van der Waals surface area (Å²) >= 11 is 0. The van der Waals surface area contributed by atoms with E-state index in [2.05, 4.69) is 4.98 Å². The standard InChI is InChI=1S/C9H12FNO/c1-2-3-9(12)7-4-5-11-6-8(7)10/h4-6,9,12H,2-3H2,1H3/t9-/m1/s1. The van der Waals surface area contributed by atoms with E-state index in [1.807, 2.05) is 6.92 Å². The Morgan fingerprint density at radius 2 is 2.42 bits per heavy atom. The Labute approximate surface area is 71.1 Å². The number of pyridine rings is 1. The van der Waals surface area contributed by atoms with Gasteiger partial charge in [-0.2, -0.15) is 0 Å². The molecule has 0 amide bonds. The van der Waals surface area contributed by atoms with Gasteiger partial charge in [0.05, 0.1) is 12.3 Å². The summed E-state index contributed by atoms with van der Waals surface area (Å²) in [6.07, 6.45) is 3.33. The van der Waals surface area contributed by atoms with E-state index in [4.69, 9.17) is 0 Å². The Bertz CT molecular complexity index is 252. The lowest BCUT2D eigenvalue weighted by Gasteiger charge is -2.09. The minimum Gasteiger partial charge on any atom is -0.388 e. The van der Waals surface area contributed by atoms with Crippen LogP contribution in [0.5, 0.6) is 0 Å². The number of aromatic nitrogens is 1. The minimum absolute atomic E-state index is 0.340. The molecule has 12 heavy (non-hydrogen) atoms. The molecule has 0 aliphatic carbocycles. The Morgan fingerprint density at radius 3 is 3.00 bits per heavy atom. The predicted octanol–water partition coefficient (Wildman–Crippen LogP) is 2.05. The highest BCUT2D eigenvalue weighted by atomic mass is 19.1. The van der Waals surface area contributed by atoms with Crippen LogP contribution in [-0.4, -0.2) is 10.1 Å². The molecule has 1 aromatic rings. The molecule has 1 rings (SSSR count). The van der Waals surface area contributed by atoms with Crippen molar-refractivity contribution in [1.29, 1.82) is 0 Å². The summed E-state index contributed by atoms with van der Waals surface area (Å²) in [6.45, 7) is 1.95. The summed E-state index contributed by atoms with van der Waals surface area (Å²) in [5, 5.41) is 9.43. The van der Waals surface area contributed by atoms with Crippen LogP contribution < -0.4 is 0 Å². The van der Waals surface area contributed by atoms with Crippen molar-refractivity contribution in [2.75, 3.05) is 0 Å². The first-order chi connectivity index (χ1) is 5.75. The number of hydrogen-bond donors (Lipinski definition) is 1. The normalized spacial score (nSPS) is 12.9. The lowest BCUT2D eigenvalue weighted by molar-refractivity contribution is 0.161. The molecule has 0 aromatic carbocycles. The van der Waals surface area contributed by atoms with Crippen LogP contribution in [0.2, 0.25) is 0 Å². The number of rotatable bonds is 3. The average Bonchev–Trinajstić information content (AvgIpc) is 2.05. The zero-order valence-corrected chi connectivity index (χ0v) is 7.00. The van der Waals surface area contributed by atoms with Crippen LogP contribution in [0.3, 0.4) is 0 Å². The summed E-state index contributed by atoms with van der Waals surface area (Å²) in [7, 11) is 0. The van der Waals surface area contributed by atoms with E-state index in [-0.39, 0.29) is 0 Å². The molecule has 1 aromatic heterocycles. The van der Waals surface area contributed by atoms with E-state index in [1.165, 1.54) is 12.3 Å². The lowest BCUT2D eigenvalue weighted by atomic mass is 10.1. The van der Waals surface area contributed by atoms with E-state index in [0.717, 1.165) is 12.6 Å². The number of nitrogens with zero attached hydrogens (tertiary/aromatic N) is 1. The third-order valence-electron chi connectivity index (χ3n) is 1.72. The third-order valence-corrected chi connectivity index (χ3v) is 1.72. The number of aliphatic hydroxyl groups excluding tert-OH is 1.